The average molecular weight is 228 g/mol. The van der Waals surface area contributed by atoms with Crippen LogP contribution in [0.4, 0.5) is 17.3 Å². The SMILES string of the molecule is Cc1nc(N)cc(Nc2cccc(C)c2C)n1. The van der Waals surface area contributed by atoms with Crippen LogP contribution in [-0.2, 0) is 0 Å². The largest absolute Gasteiger partial charge is 0.384 e. The van der Waals surface area contributed by atoms with E-state index in [0.717, 1.165) is 11.5 Å². The lowest BCUT2D eigenvalue weighted by atomic mass is 10.1. The first kappa shape index (κ1) is 11.4. The molecule has 0 atom stereocenters. The van der Waals surface area contributed by atoms with Gasteiger partial charge in [-0.25, -0.2) is 9.97 Å². The average Bonchev–Trinajstić information content (AvgIpc) is 2.23. The third kappa shape index (κ3) is 2.53. The summed E-state index contributed by atoms with van der Waals surface area (Å²) in [6.07, 6.45) is 0. The third-order valence-corrected chi connectivity index (χ3v) is 2.73. The van der Waals surface area contributed by atoms with Crippen molar-refractivity contribution in [2.24, 2.45) is 0 Å². The maximum Gasteiger partial charge on any atom is 0.136 e. The van der Waals surface area contributed by atoms with Gasteiger partial charge < -0.3 is 11.1 Å². The molecule has 0 unspecified atom stereocenters. The number of anilines is 3. The van der Waals surface area contributed by atoms with Crippen LogP contribution in [0.3, 0.4) is 0 Å². The molecule has 0 radical (unpaired) electrons. The van der Waals surface area contributed by atoms with Crippen molar-refractivity contribution >= 4 is 17.3 Å². The predicted molar refractivity (Wildman–Crippen MR) is 70.4 cm³/mol. The van der Waals surface area contributed by atoms with Gasteiger partial charge in [-0.2, -0.15) is 0 Å². The third-order valence-electron chi connectivity index (χ3n) is 2.73. The van der Waals surface area contributed by atoms with Gasteiger partial charge in [0, 0.05) is 11.8 Å². The van der Waals surface area contributed by atoms with Crippen LogP contribution in [0, 0.1) is 20.8 Å². The lowest BCUT2D eigenvalue weighted by Gasteiger charge is -2.11. The highest BCUT2D eigenvalue weighted by Crippen LogP contribution is 2.22. The minimum absolute atomic E-state index is 0.477. The fraction of sp³-hybridized carbons (Fsp3) is 0.231. The summed E-state index contributed by atoms with van der Waals surface area (Å²) in [7, 11) is 0. The number of hydrogen-bond acceptors (Lipinski definition) is 4. The highest BCUT2D eigenvalue weighted by Gasteiger charge is 2.03. The number of aromatic nitrogens is 2. The zero-order valence-electron chi connectivity index (χ0n) is 10.3. The van der Waals surface area contributed by atoms with Gasteiger partial charge in [0.25, 0.3) is 0 Å². The Hall–Kier alpha value is -2.10. The summed E-state index contributed by atoms with van der Waals surface area (Å²) in [6, 6.07) is 7.85. The molecule has 1 aromatic carbocycles. The van der Waals surface area contributed by atoms with Gasteiger partial charge in [0.15, 0.2) is 0 Å². The summed E-state index contributed by atoms with van der Waals surface area (Å²) in [5.74, 6) is 1.87. The first-order valence-corrected chi connectivity index (χ1v) is 5.50. The molecule has 88 valence electrons. The number of nitrogen functional groups attached to an aromatic ring is 1. The molecule has 0 amide bonds. The highest BCUT2D eigenvalue weighted by molar-refractivity contribution is 5.63. The van der Waals surface area contributed by atoms with Crippen molar-refractivity contribution in [1.82, 2.24) is 9.97 Å². The molecule has 4 heteroatoms. The second-order valence-electron chi connectivity index (χ2n) is 4.10. The lowest BCUT2D eigenvalue weighted by molar-refractivity contribution is 1.06. The predicted octanol–water partition coefficient (Wildman–Crippen LogP) is 2.73. The minimum Gasteiger partial charge on any atom is -0.384 e. The molecule has 0 fully saturated rings. The van der Waals surface area contributed by atoms with Crippen LogP contribution in [0.1, 0.15) is 17.0 Å². The summed E-state index contributed by atoms with van der Waals surface area (Å²) in [4.78, 5) is 8.34. The van der Waals surface area contributed by atoms with E-state index < -0.39 is 0 Å². The van der Waals surface area contributed by atoms with E-state index in [9.17, 15) is 0 Å². The van der Waals surface area contributed by atoms with E-state index in [1.807, 2.05) is 19.1 Å². The molecule has 0 spiro atoms. The molecule has 17 heavy (non-hydrogen) atoms. The van der Waals surface area contributed by atoms with Crippen molar-refractivity contribution in [1.29, 1.82) is 0 Å². The summed E-state index contributed by atoms with van der Waals surface area (Å²) in [5, 5.41) is 3.26. The summed E-state index contributed by atoms with van der Waals surface area (Å²) in [5.41, 5.74) is 9.19. The molecule has 1 aromatic heterocycles. The van der Waals surface area contributed by atoms with Crippen LogP contribution in [0.15, 0.2) is 24.3 Å². The van der Waals surface area contributed by atoms with Crippen molar-refractivity contribution in [3.8, 4) is 0 Å². The zero-order valence-corrected chi connectivity index (χ0v) is 10.3. The maximum absolute atomic E-state index is 5.69. The van der Waals surface area contributed by atoms with E-state index in [4.69, 9.17) is 5.73 Å². The number of aryl methyl sites for hydroxylation is 2. The van der Waals surface area contributed by atoms with E-state index in [1.54, 1.807) is 6.07 Å². The van der Waals surface area contributed by atoms with E-state index in [1.165, 1.54) is 11.1 Å². The van der Waals surface area contributed by atoms with Gasteiger partial charge in [0.1, 0.15) is 17.5 Å². The van der Waals surface area contributed by atoms with E-state index in [-0.39, 0.29) is 0 Å². The van der Waals surface area contributed by atoms with Gasteiger partial charge in [-0.05, 0) is 38.0 Å². The van der Waals surface area contributed by atoms with Crippen molar-refractivity contribution in [3.05, 3.63) is 41.2 Å². The van der Waals surface area contributed by atoms with Crippen LogP contribution in [0.2, 0.25) is 0 Å². The Morgan fingerprint density at radius 2 is 1.88 bits per heavy atom. The number of nitrogens with one attached hydrogen (secondary N) is 1. The Morgan fingerprint density at radius 1 is 1.12 bits per heavy atom. The molecular formula is C13H16N4. The topological polar surface area (TPSA) is 63.8 Å². The minimum atomic E-state index is 0.477. The molecule has 0 aliphatic heterocycles. The Balaban J connectivity index is 2.34. The van der Waals surface area contributed by atoms with Gasteiger partial charge in [-0.15, -0.1) is 0 Å². The standard InChI is InChI=1S/C13H16N4/c1-8-5-4-6-11(9(8)2)17-13-7-12(14)15-10(3)16-13/h4-7H,1-3H3,(H3,14,15,16,17). The van der Waals surface area contributed by atoms with Crippen LogP contribution in [0.5, 0.6) is 0 Å². The second-order valence-corrected chi connectivity index (χ2v) is 4.10. The molecule has 2 rings (SSSR count). The first-order chi connectivity index (χ1) is 8.06. The summed E-state index contributed by atoms with van der Waals surface area (Å²) in [6.45, 7) is 5.99. The van der Waals surface area contributed by atoms with Gasteiger partial charge in [-0.1, -0.05) is 12.1 Å². The highest BCUT2D eigenvalue weighted by atomic mass is 15.0. The van der Waals surface area contributed by atoms with Gasteiger partial charge >= 0.3 is 0 Å². The fourth-order valence-electron chi connectivity index (χ4n) is 1.68. The normalized spacial score (nSPS) is 10.3. The quantitative estimate of drug-likeness (QED) is 0.829. The molecule has 0 aliphatic rings. The van der Waals surface area contributed by atoms with Crippen LogP contribution < -0.4 is 11.1 Å². The molecule has 3 N–H and O–H groups in total. The maximum atomic E-state index is 5.69. The monoisotopic (exact) mass is 228 g/mol. The van der Waals surface area contributed by atoms with E-state index >= 15 is 0 Å². The van der Waals surface area contributed by atoms with Crippen molar-refractivity contribution in [2.75, 3.05) is 11.1 Å². The molecule has 1 heterocycles. The number of rotatable bonds is 2. The van der Waals surface area contributed by atoms with Gasteiger partial charge in [0.2, 0.25) is 0 Å². The zero-order chi connectivity index (χ0) is 12.4. The Kier molecular flexibility index (Phi) is 2.95. The van der Waals surface area contributed by atoms with Crippen LogP contribution in [-0.4, -0.2) is 9.97 Å². The molecule has 0 saturated carbocycles. The van der Waals surface area contributed by atoms with Gasteiger partial charge in [-0.3, -0.25) is 0 Å². The fourth-order valence-corrected chi connectivity index (χ4v) is 1.68. The van der Waals surface area contributed by atoms with E-state index in [2.05, 4.69) is 35.2 Å². The first-order valence-electron chi connectivity index (χ1n) is 5.50. The Bertz CT molecular complexity index is 529. The number of benzene rings is 1. The molecular weight excluding hydrogens is 212 g/mol. The Labute approximate surface area is 101 Å². The van der Waals surface area contributed by atoms with E-state index in [0.29, 0.717) is 11.6 Å². The van der Waals surface area contributed by atoms with Crippen molar-refractivity contribution < 1.29 is 0 Å². The van der Waals surface area contributed by atoms with Crippen molar-refractivity contribution in [3.63, 3.8) is 0 Å². The van der Waals surface area contributed by atoms with Crippen molar-refractivity contribution in [2.45, 2.75) is 20.8 Å². The number of nitrogens with two attached hydrogens (primary N) is 1. The molecule has 4 nitrogen and oxygen atoms in total. The number of nitrogens with zero attached hydrogens (tertiary/aromatic N) is 2. The van der Waals surface area contributed by atoms with Gasteiger partial charge in [0.05, 0.1) is 0 Å². The summed E-state index contributed by atoms with van der Waals surface area (Å²) < 4.78 is 0. The lowest BCUT2D eigenvalue weighted by Crippen LogP contribution is -2.01. The number of hydrogen-bond donors (Lipinski definition) is 2. The molecule has 0 bridgehead atoms. The molecule has 0 aliphatic carbocycles. The Morgan fingerprint density at radius 3 is 2.59 bits per heavy atom. The van der Waals surface area contributed by atoms with Crippen LogP contribution >= 0.6 is 0 Å². The smallest absolute Gasteiger partial charge is 0.136 e. The van der Waals surface area contributed by atoms with Crippen LogP contribution in [0.25, 0.3) is 0 Å². The molecule has 0 saturated heterocycles. The second kappa shape index (κ2) is 4.41. The summed E-state index contributed by atoms with van der Waals surface area (Å²) >= 11 is 0. The molecule has 2 aromatic rings.